The fourth-order valence-corrected chi connectivity index (χ4v) is 3.07. The number of para-hydroxylation sites is 1. The molecule has 114 valence electrons. The maximum atomic E-state index is 12.4. The van der Waals surface area contributed by atoms with Crippen LogP contribution in [0.1, 0.15) is 19.4 Å². The minimum absolute atomic E-state index is 0.0364. The number of hydrogen-bond donors (Lipinski definition) is 1. The van der Waals surface area contributed by atoms with Crippen LogP contribution in [0.15, 0.2) is 35.4 Å². The smallest absolute Gasteiger partial charge is 0.224 e. The number of halogens is 1. The number of sulfone groups is 1. The standard InChI is InChI=1S/C14H13ClN4O2S/c1-9(2)22(20,21)12-6-4-3-5-11(12)18-13-10(7-16)8-17-14(15)19-13/h3-6,8-9H,1-2H3,(H,17,18,19). The molecule has 0 radical (unpaired) electrons. The summed E-state index contributed by atoms with van der Waals surface area (Å²) in [6.07, 6.45) is 1.28. The van der Waals surface area contributed by atoms with E-state index in [2.05, 4.69) is 15.3 Å². The van der Waals surface area contributed by atoms with Crippen molar-refractivity contribution in [1.29, 1.82) is 5.26 Å². The summed E-state index contributed by atoms with van der Waals surface area (Å²) in [6, 6.07) is 8.37. The molecule has 0 atom stereocenters. The van der Waals surface area contributed by atoms with Gasteiger partial charge in [-0.15, -0.1) is 0 Å². The van der Waals surface area contributed by atoms with E-state index in [1.54, 1.807) is 32.0 Å². The van der Waals surface area contributed by atoms with Crippen LogP contribution < -0.4 is 5.32 Å². The van der Waals surface area contributed by atoms with Gasteiger partial charge >= 0.3 is 0 Å². The van der Waals surface area contributed by atoms with Crippen molar-refractivity contribution >= 4 is 32.9 Å². The van der Waals surface area contributed by atoms with Crippen molar-refractivity contribution in [3.05, 3.63) is 41.3 Å². The largest absolute Gasteiger partial charge is 0.338 e. The summed E-state index contributed by atoms with van der Waals surface area (Å²) < 4.78 is 24.8. The number of benzene rings is 1. The molecule has 0 saturated heterocycles. The number of hydrogen-bond acceptors (Lipinski definition) is 6. The van der Waals surface area contributed by atoms with Gasteiger partial charge in [-0.1, -0.05) is 12.1 Å². The van der Waals surface area contributed by atoms with Crippen LogP contribution in [0.4, 0.5) is 11.5 Å². The molecule has 0 saturated carbocycles. The Hall–Kier alpha value is -2.17. The maximum absolute atomic E-state index is 12.4. The highest BCUT2D eigenvalue weighted by atomic mass is 35.5. The molecule has 0 aliphatic carbocycles. The quantitative estimate of drug-likeness (QED) is 0.862. The molecule has 1 N–H and O–H groups in total. The number of anilines is 2. The van der Waals surface area contributed by atoms with E-state index < -0.39 is 15.1 Å². The highest BCUT2D eigenvalue weighted by Gasteiger charge is 2.23. The lowest BCUT2D eigenvalue weighted by atomic mass is 10.3. The second kappa shape index (κ2) is 6.30. The Morgan fingerprint density at radius 3 is 2.64 bits per heavy atom. The van der Waals surface area contributed by atoms with E-state index in [0.29, 0.717) is 5.69 Å². The molecule has 1 aromatic carbocycles. The van der Waals surface area contributed by atoms with Gasteiger partial charge in [-0.25, -0.2) is 13.4 Å². The van der Waals surface area contributed by atoms with Crippen molar-refractivity contribution in [1.82, 2.24) is 9.97 Å². The second-order valence-electron chi connectivity index (χ2n) is 4.73. The Balaban J connectivity index is 2.53. The third-order valence-electron chi connectivity index (χ3n) is 2.95. The molecule has 2 aromatic rings. The van der Waals surface area contributed by atoms with Crippen LogP contribution in [-0.2, 0) is 9.84 Å². The average Bonchev–Trinajstić information content (AvgIpc) is 2.47. The Morgan fingerprint density at radius 1 is 1.32 bits per heavy atom. The second-order valence-corrected chi connectivity index (χ2v) is 7.54. The fraction of sp³-hybridized carbons (Fsp3) is 0.214. The van der Waals surface area contributed by atoms with Crippen molar-refractivity contribution in [3.8, 4) is 6.07 Å². The molecule has 0 aliphatic rings. The number of rotatable bonds is 4. The van der Waals surface area contributed by atoms with Crippen molar-refractivity contribution < 1.29 is 8.42 Å². The van der Waals surface area contributed by atoms with E-state index in [1.807, 2.05) is 6.07 Å². The zero-order valence-electron chi connectivity index (χ0n) is 11.9. The number of aromatic nitrogens is 2. The van der Waals surface area contributed by atoms with Gasteiger partial charge in [0.2, 0.25) is 5.28 Å². The lowest BCUT2D eigenvalue weighted by Gasteiger charge is -2.14. The summed E-state index contributed by atoms with van der Waals surface area (Å²) in [6.45, 7) is 3.21. The van der Waals surface area contributed by atoms with Crippen LogP contribution in [0, 0.1) is 11.3 Å². The lowest BCUT2D eigenvalue weighted by molar-refractivity contribution is 0.588. The third-order valence-corrected chi connectivity index (χ3v) is 5.34. The topological polar surface area (TPSA) is 95.7 Å². The summed E-state index contributed by atoms with van der Waals surface area (Å²) >= 11 is 5.73. The van der Waals surface area contributed by atoms with Crippen LogP contribution in [0.5, 0.6) is 0 Å². The van der Waals surface area contributed by atoms with E-state index in [4.69, 9.17) is 16.9 Å². The minimum Gasteiger partial charge on any atom is -0.338 e. The molecule has 22 heavy (non-hydrogen) atoms. The Kier molecular flexibility index (Phi) is 4.64. The number of nitrogens with zero attached hydrogens (tertiary/aromatic N) is 3. The SMILES string of the molecule is CC(C)S(=O)(=O)c1ccccc1Nc1nc(Cl)ncc1C#N. The molecule has 6 nitrogen and oxygen atoms in total. The first kappa shape index (κ1) is 16.2. The molecule has 0 unspecified atom stereocenters. The molecule has 2 rings (SSSR count). The van der Waals surface area contributed by atoms with Gasteiger partial charge in [-0.05, 0) is 37.6 Å². The van der Waals surface area contributed by atoms with Crippen molar-refractivity contribution in [2.45, 2.75) is 24.0 Å². The van der Waals surface area contributed by atoms with Crippen molar-refractivity contribution in [3.63, 3.8) is 0 Å². The molecule has 0 bridgehead atoms. The van der Waals surface area contributed by atoms with Gasteiger partial charge in [-0.3, -0.25) is 0 Å². The zero-order chi connectivity index (χ0) is 16.3. The molecular formula is C14H13ClN4O2S. The van der Waals surface area contributed by atoms with Crippen LogP contribution in [-0.4, -0.2) is 23.6 Å². The summed E-state index contributed by atoms with van der Waals surface area (Å²) in [5.41, 5.74) is 0.503. The highest BCUT2D eigenvalue weighted by molar-refractivity contribution is 7.92. The molecule has 0 fully saturated rings. The molecular weight excluding hydrogens is 324 g/mol. The first-order valence-corrected chi connectivity index (χ1v) is 8.31. The van der Waals surface area contributed by atoms with E-state index in [0.717, 1.165) is 0 Å². The van der Waals surface area contributed by atoms with E-state index in [9.17, 15) is 8.42 Å². The van der Waals surface area contributed by atoms with E-state index in [-0.39, 0.29) is 21.6 Å². The Labute approximate surface area is 133 Å². The van der Waals surface area contributed by atoms with Gasteiger partial charge < -0.3 is 5.32 Å². The van der Waals surface area contributed by atoms with Gasteiger partial charge in [0.25, 0.3) is 0 Å². The van der Waals surface area contributed by atoms with Crippen LogP contribution in [0.25, 0.3) is 0 Å². The van der Waals surface area contributed by atoms with Crippen LogP contribution in [0.2, 0.25) is 5.28 Å². The summed E-state index contributed by atoms with van der Waals surface area (Å²) in [5.74, 6) is 0.161. The van der Waals surface area contributed by atoms with E-state index in [1.165, 1.54) is 12.3 Å². The predicted octanol–water partition coefficient (Wildman–Crippen LogP) is 2.93. The van der Waals surface area contributed by atoms with Crippen LogP contribution >= 0.6 is 11.6 Å². The minimum atomic E-state index is -3.48. The van der Waals surface area contributed by atoms with Gasteiger partial charge in [0.1, 0.15) is 11.6 Å². The summed E-state index contributed by atoms with van der Waals surface area (Å²) in [7, 11) is -3.48. The Bertz CT molecular complexity index is 844. The predicted molar refractivity (Wildman–Crippen MR) is 83.8 cm³/mol. The number of nitrogens with one attached hydrogen (secondary N) is 1. The first-order chi connectivity index (χ1) is 10.4. The summed E-state index contributed by atoms with van der Waals surface area (Å²) in [4.78, 5) is 7.80. The normalized spacial score (nSPS) is 11.2. The first-order valence-electron chi connectivity index (χ1n) is 6.39. The summed E-state index contributed by atoms with van der Waals surface area (Å²) in [5, 5.41) is 11.3. The van der Waals surface area contributed by atoms with Crippen molar-refractivity contribution in [2.75, 3.05) is 5.32 Å². The molecule has 1 heterocycles. The van der Waals surface area contributed by atoms with Crippen LogP contribution in [0.3, 0.4) is 0 Å². The zero-order valence-corrected chi connectivity index (χ0v) is 13.5. The Morgan fingerprint density at radius 2 is 2.00 bits per heavy atom. The van der Waals surface area contributed by atoms with Gasteiger partial charge in [-0.2, -0.15) is 10.2 Å². The van der Waals surface area contributed by atoms with Gasteiger partial charge in [0, 0.05) is 0 Å². The van der Waals surface area contributed by atoms with Gasteiger partial charge in [0.05, 0.1) is 22.0 Å². The van der Waals surface area contributed by atoms with Gasteiger partial charge in [0.15, 0.2) is 15.7 Å². The lowest BCUT2D eigenvalue weighted by Crippen LogP contribution is -2.15. The molecule has 1 aromatic heterocycles. The third kappa shape index (κ3) is 3.18. The van der Waals surface area contributed by atoms with Crippen molar-refractivity contribution in [2.24, 2.45) is 0 Å². The molecule has 0 spiro atoms. The average molecular weight is 337 g/mol. The number of nitriles is 1. The van der Waals surface area contributed by atoms with E-state index >= 15 is 0 Å². The molecule has 0 amide bonds. The maximum Gasteiger partial charge on any atom is 0.224 e. The fourth-order valence-electron chi connectivity index (χ4n) is 1.74. The molecule has 0 aliphatic heterocycles. The molecule has 8 heteroatoms. The monoisotopic (exact) mass is 336 g/mol. The highest BCUT2D eigenvalue weighted by Crippen LogP contribution is 2.28.